The normalized spacial score (nSPS) is 11.3. The molecular formula is C19H22ClNO. The molecule has 0 aliphatic rings. The Labute approximate surface area is 137 Å². The van der Waals surface area contributed by atoms with Crippen molar-refractivity contribution in [3.63, 3.8) is 0 Å². The minimum atomic E-state index is -0.341. The van der Waals surface area contributed by atoms with Gasteiger partial charge in [-0.25, -0.2) is 0 Å². The standard InChI is InChI=1S/C19H22ClNO/c1-14-7-6-8-15(11-14)12-18(22)21-19(2,3)13-16-9-4-5-10-17(16)20/h4-11H,12-13H2,1-3H3,(H,21,22). The summed E-state index contributed by atoms with van der Waals surface area (Å²) in [5.74, 6) is 0.0302. The molecule has 116 valence electrons. The lowest BCUT2D eigenvalue weighted by Crippen LogP contribution is -2.45. The molecule has 0 atom stereocenters. The van der Waals surface area contributed by atoms with E-state index in [4.69, 9.17) is 11.6 Å². The van der Waals surface area contributed by atoms with E-state index in [1.54, 1.807) is 0 Å². The van der Waals surface area contributed by atoms with Crippen LogP contribution in [0, 0.1) is 6.92 Å². The van der Waals surface area contributed by atoms with Crippen LogP contribution in [0.25, 0.3) is 0 Å². The lowest BCUT2D eigenvalue weighted by atomic mass is 9.94. The van der Waals surface area contributed by atoms with Gasteiger partial charge in [0.05, 0.1) is 6.42 Å². The van der Waals surface area contributed by atoms with Crippen LogP contribution in [0.5, 0.6) is 0 Å². The third-order valence-electron chi connectivity index (χ3n) is 3.52. The maximum absolute atomic E-state index is 12.3. The van der Waals surface area contributed by atoms with Crippen LogP contribution in [-0.4, -0.2) is 11.4 Å². The van der Waals surface area contributed by atoms with Gasteiger partial charge in [-0.3, -0.25) is 4.79 Å². The molecule has 0 heterocycles. The van der Waals surface area contributed by atoms with Crippen molar-refractivity contribution < 1.29 is 4.79 Å². The van der Waals surface area contributed by atoms with Crippen LogP contribution in [0.15, 0.2) is 48.5 Å². The predicted molar refractivity (Wildman–Crippen MR) is 92.3 cm³/mol. The Morgan fingerprint density at radius 2 is 1.86 bits per heavy atom. The minimum Gasteiger partial charge on any atom is -0.351 e. The topological polar surface area (TPSA) is 29.1 Å². The van der Waals surface area contributed by atoms with Gasteiger partial charge < -0.3 is 5.32 Å². The quantitative estimate of drug-likeness (QED) is 0.874. The summed E-state index contributed by atoms with van der Waals surface area (Å²) in [6.07, 6.45) is 1.10. The zero-order valence-corrected chi connectivity index (χ0v) is 14.1. The molecule has 0 radical (unpaired) electrons. The Morgan fingerprint density at radius 1 is 1.14 bits per heavy atom. The van der Waals surface area contributed by atoms with E-state index in [1.165, 1.54) is 5.56 Å². The van der Waals surface area contributed by atoms with E-state index in [-0.39, 0.29) is 11.4 Å². The van der Waals surface area contributed by atoms with Crippen molar-refractivity contribution >= 4 is 17.5 Å². The number of carbonyl (C=O) groups excluding carboxylic acids is 1. The average molecular weight is 316 g/mol. The van der Waals surface area contributed by atoms with Crippen LogP contribution in [0.4, 0.5) is 0 Å². The highest BCUT2D eigenvalue weighted by atomic mass is 35.5. The molecule has 0 spiro atoms. The third kappa shape index (κ3) is 4.88. The number of aryl methyl sites for hydroxylation is 1. The van der Waals surface area contributed by atoms with Crippen molar-refractivity contribution in [2.24, 2.45) is 0 Å². The number of rotatable bonds is 5. The zero-order valence-electron chi connectivity index (χ0n) is 13.3. The van der Waals surface area contributed by atoms with Crippen molar-refractivity contribution in [3.05, 3.63) is 70.2 Å². The summed E-state index contributed by atoms with van der Waals surface area (Å²) in [7, 11) is 0. The van der Waals surface area contributed by atoms with E-state index in [0.29, 0.717) is 12.8 Å². The fraction of sp³-hybridized carbons (Fsp3) is 0.316. The van der Waals surface area contributed by atoms with Crippen molar-refractivity contribution in [2.45, 2.75) is 39.2 Å². The molecule has 2 aromatic carbocycles. The monoisotopic (exact) mass is 315 g/mol. The first-order valence-corrected chi connectivity index (χ1v) is 7.83. The minimum absolute atomic E-state index is 0.0302. The SMILES string of the molecule is Cc1cccc(CC(=O)NC(C)(C)Cc2ccccc2Cl)c1. The van der Waals surface area contributed by atoms with E-state index in [2.05, 4.69) is 5.32 Å². The number of benzene rings is 2. The fourth-order valence-electron chi connectivity index (χ4n) is 2.59. The summed E-state index contributed by atoms with van der Waals surface area (Å²) in [4.78, 5) is 12.3. The second-order valence-corrected chi connectivity index (χ2v) is 6.77. The van der Waals surface area contributed by atoms with Crippen molar-refractivity contribution in [3.8, 4) is 0 Å². The number of carbonyl (C=O) groups is 1. The van der Waals surface area contributed by atoms with Crippen LogP contribution >= 0.6 is 11.6 Å². The molecule has 0 bridgehead atoms. The van der Waals surface area contributed by atoms with E-state index in [9.17, 15) is 4.79 Å². The number of amides is 1. The fourth-order valence-corrected chi connectivity index (χ4v) is 2.79. The molecule has 22 heavy (non-hydrogen) atoms. The lowest BCUT2D eigenvalue weighted by molar-refractivity contribution is -0.122. The number of hydrogen-bond acceptors (Lipinski definition) is 1. The molecule has 0 unspecified atom stereocenters. The van der Waals surface area contributed by atoms with E-state index >= 15 is 0 Å². The number of hydrogen-bond donors (Lipinski definition) is 1. The van der Waals surface area contributed by atoms with Crippen molar-refractivity contribution in [1.29, 1.82) is 0 Å². The van der Waals surface area contributed by atoms with Crippen LogP contribution in [0.3, 0.4) is 0 Å². The average Bonchev–Trinajstić information content (AvgIpc) is 2.40. The molecule has 0 saturated carbocycles. The highest BCUT2D eigenvalue weighted by molar-refractivity contribution is 6.31. The maximum Gasteiger partial charge on any atom is 0.224 e. The van der Waals surface area contributed by atoms with Crippen LogP contribution in [0.1, 0.15) is 30.5 Å². The second-order valence-electron chi connectivity index (χ2n) is 6.37. The zero-order chi connectivity index (χ0) is 16.2. The highest BCUT2D eigenvalue weighted by Gasteiger charge is 2.22. The first-order chi connectivity index (χ1) is 10.4. The number of halogens is 1. The molecule has 0 aliphatic heterocycles. The van der Waals surface area contributed by atoms with Gasteiger partial charge in [0.1, 0.15) is 0 Å². The first-order valence-electron chi connectivity index (χ1n) is 7.46. The van der Waals surface area contributed by atoms with E-state index in [1.807, 2.05) is 69.3 Å². The Hall–Kier alpha value is -1.80. The Balaban J connectivity index is 1.99. The number of nitrogens with one attached hydrogen (secondary N) is 1. The smallest absolute Gasteiger partial charge is 0.224 e. The van der Waals surface area contributed by atoms with Gasteiger partial charge in [0.25, 0.3) is 0 Å². The summed E-state index contributed by atoms with van der Waals surface area (Å²) in [6.45, 7) is 6.07. The van der Waals surface area contributed by atoms with Gasteiger partial charge in [-0.15, -0.1) is 0 Å². The van der Waals surface area contributed by atoms with Crippen LogP contribution < -0.4 is 5.32 Å². The molecule has 2 nitrogen and oxygen atoms in total. The molecule has 2 aromatic rings. The van der Waals surface area contributed by atoms with Gasteiger partial charge in [0.2, 0.25) is 5.91 Å². The van der Waals surface area contributed by atoms with Gasteiger partial charge in [-0.1, -0.05) is 59.6 Å². The second kappa shape index (κ2) is 6.97. The largest absolute Gasteiger partial charge is 0.351 e. The predicted octanol–water partition coefficient (Wildman–Crippen LogP) is 4.33. The van der Waals surface area contributed by atoms with Crippen molar-refractivity contribution in [2.75, 3.05) is 0 Å². The van der Waals surface area contributed by atoms with Crippen LogP contribution in [-0.2, 0) is 17.6 Å². The van der Waals surface area contributed by atoms with E-state index in [0.717, 1.165) is 16.1 Å². The van der Waals surface area contributed by atoms with Gasteiger partial charge in [0.15, 0.2) is 0 Å². The molecule has 0 aromatic heterocycles. The summed E-state index contributed by atoms with van der Waals surface area (Å²) < 4.78 is 0. The Bertz CT molecular complexity index is 664. The third-order valence-corrected chi connectivity index (χ3v) is 3.88. The summed E-state index contributed by atoms with van der Waals surface area (Å²) >= 11 is 6.20. The molecular weight excluding hydrogens is 294 g/mol. The maximum atomic E-state index is 12.3. The molecule has 0 saturated heterocycles. The Kier molecular flexibility index (Phi) is 5.25. The Morgan fingerprint density at radius 3 is 2.55 bits per heavy atom. The van der Waals surface area contributed by atoms with Gasteiger partial charge in [-0.05, 0) is 44.4 Å². The highest BCUT2D eigenvalue weighted by Crippen LogP contribution is 2.21. The first kappa shape index (κ1) is 16.6. The lowest BCUT2D eigenvalue weighted by Gasteiger charge is -2.27. The molecule has 0 aliphatic carbocycles. The summed E-state index contributed by atoms with van der Waals surface area (Å²) in [6, 6.07) is 15.8. The van der Waals surface area contributed by atoms with Gasteiger partial charge >= 0.3 is 0 Å². The van der Waals surface area contributed by atoms with Crippen LogP contribution in [0.2, 0.25) is 5.02 Å². The summed E-state index contributed by atoms with van der Waals surface area (Å²) in [5.41, 5.74) is 2.91. The molecule has 0 fully saturated rings. The van der Waals surface area contributed by atoms with E-state index < -0.39 is 0 Å². The van der Waals surface area contributed by atoms with Crippen molar-refractivity contribution in [1.82, 2.24) is 5.32 Å². The molecule has 3 heteroatoms. The molecule has 2 rings (SSSR count). The molecule has 1 amide bonds. The van der Waals surface area contributed by atoms with Gasteiger partial charge in [-0.2, -0.15) is 0 Å². The summed E-state index contributed by atoms with van der Waals surface area (Å²) in [5, 5.41) is 3.84. The molecule has 1 N–H and O–H groups in total. The van der Waals surface area contributed by atoms with Gasteiger partial charge in [0, 0.05) is 10.6 Å².